The van der Waals surface area contributed by atoms with Crippen molar-refractivity contribution in [1.29, 1.82) is 0 Å². The molecule has 86 valence electrons. The van der Waals surface area contributed by atoms with Crippen molar-refractivity contribution >= 4 is 0 Å². The SMILES string of the molecule is FC(F)OCC(F)(F)C(F)C(F)(F)F. The van der Waals surface area contributed by atoms with Gasteiger partial charge in [-0.05, 0) is 0 Å². The summed E-state index contributed by atoms with van der Waals surface area (Å²) in [5, 5.41) is 0. The first-order chi connectivity index (χ1) is 6.07. The van der Waals surface area contributed by atoms with E-state index in [1.807, 2.05) is 0 Å². The van der Waals surface area contributed by atoms with E-state index in [1.54, 1.807) is 0 Å². The molecule has 0 radical (unpaired) electrons. The average Bonchev–Trinajstić information content (AvgIpc) is 1.98. The number of ether oxygens (including phenoxy) is 1. The van der Waals surface area contributed by atoms with Crippen LogP contribution in [0.25, 0.3) is 0 Å². The molecule has 1 atom stereocenters. The number of rotatable bonds is 4. The molecule has 1 unspecified atom stereocenters. The molecule has 0 bridgehead atoms. The first-order valence-electron chi connectivity index (χ1n) is 3.05. The summed E-state index contributed by atoms with van der Waals surface area (Å²) in [5.74, 6) is -5.02. The molecular weight excluding hydrogens is 228 g/mol. The van der Waals surface area contributed by atoms with Gasteiger partial charge >= 0.3 is 18.7 Å². The van der Waals surface area contributed by atoms with Crippen LogP contribution in [0.15, 0.2) is 0 Å². The van der Waals surface area contributed by atoms with Gasteiger partial charge in [-0.15, -0.1) is 0 Å². The van der Waals surface area contributed by atoms with Crippen molar-refractivity contribution in [2.24, 2.45) is 0 Å². The molecule has 1 nitrogen and oxygen atoms in total. The fraction of sp³-hybridized carbons (Fsp3) is 1.00. The largest absolute Gasteiger partial charge is 0.425 e. The second-order valence-corrected chi connectivity index (χ2v) is 2.24. The molecule has 0 saturated heterocycles. The monoisotopic (exact) mass is 232 g/mol. The molecule has 0 fully saturated rings. The Kier molecular flexibility index (Phi) is 4.10. The fourth-order valence-corrected chi connectivity index (χ4v) is 0.487. The van der Waals surface area contributed by atoms with Crippen molar-refractivity contribution in [1.82, 2.24) is 0 Å². The van der Waals surface area contributed by atoms with Crippen molar-refractivity contribution in [2.75, 3.05) is 6.61 Å². The molecule has 0 aliphatic rings. The zero-order chi connectivity index (χ0) is 11.6. The van der Waals surface area contributed by atoms with Crippen molar-refractivity contribution in [2.45, 2.75) is 24.9 Å². The Morgan fingerprint density at radius 1 is 0.929 bits per heavy atom. The lowest BCUT2D eigenvalue weighted by Gasteiger charge is -2.22. The molecule has 0 N–H and O–H groups in total. The predicted octanol–water partition coefficient (Wildman–Crippen LogP) is 2.76. The minimum atomic E-state index is -5.81. The Bertz CT molecular complexity index is 175. The first-order valence-corrected chi connectivity index (χ1v) is 3.05. The summed E-state index contributed by atoms with van der Waals surface area (Å²) in [6.45, 7) is -6.01. The summed E-state index contributed by atoms with van der Waals surface area (Å²) in [6, 6.07) is 0. The summed E-state index contributed by atoms with van der Waals surface area (Å²) in [5.41, 5.74) is 0. The van der Waals surface area contributed by atoms with Gasteiger partial charge in [-0.25, -0.2) is 13.2 Å². The van der Waals surface area contributed by atoms with Gasteiger partial charge in [0.25, 0.3) is 6.17 Å². The topological polar surface area (TPSA) is 9.23 Å². The van der Waals surface area contributed by atoms with Gasteiger partial charge in [0.2, 0.25) is 0 Å². The molecule has 0 amide bonds. The zero-order valence-electron chi connectivity index (χ0n) is 6.29. The maximum Gasteiger partial charge on any atom is 0.425 e. The van der Waals surface area contributed by atoms with Crippen molar-refractivity contribution in [3.63, 3.8) is 0 Å². The molecule has 0 aromatic rings. The lowest BCUT2D eigenvalue weighted by molar-refractivity contribution is -0.270. The van der Waals surface area contributed by atoms with Crippen LogP contribution in [0.1, 0.15) is 0 Å². The summed E-state index contributed by atoms with van der Waals surface area (Å²) < 4.78 is 95.5. The van der Waals surface area contributed by atoms with Crippen molar-refractivity contribution in [3.05, 3.63) is 0 Å². The molecule has 0 spiro atoms. The summed E-state index contributed by atoms with van der Waals surface area (Å²) >= 11 is 0. The molecule has 0 saturated carbocycles. The van der Waals surface area contributed by atoms with E-state index < -0.39 is 31.5 Å². The maximum atomic E-state index is 12.1. The molecule has 0 aliphatic heterocycles. The van der Waals surface area contributed by atoms with Crippen LogP contribution in [0.4, 0.5) is 35.1 Å². The normalized spacial score (nSPS) is 16.1. The maximum absolute atomic E-state index is 12.1. The van der Waals surface area contributed by atoms with E-state index in [0.717, 1.165) is 0 Å². The minimum Gasteiger partial charge on any atom is -0.317 e. The van der Waals surface area contributed by atoms with Gasteiger partial charge in [-0.3, -0.25) is 0 Å². The third-order valence-electron chi connectivity index (χ3n) is 1.06. The second-order valence-electron chi connectivity index (χ2n) is 2.24. The van der Waals surface area contributed by atoms with Crippen LogP contribution >= 0.6 is 0 Å². The Balaban J connectivity index is 4.31. The molecule has 0 aromatic carbocycles. The van der Waals surface area contributed by atoms with Gasteiger partial charge in [0, 0.05) is 0 Å². The zero-order valence-corrected chi connectivity index (χ0v) is 6.29. The molecule has 14 heavy (non-hydrogen) atoms. The highest BCUT2D eigenvalue weighted by Gasteiger charge is 2.57. The molecular formula is C5H4F8O. The van der Waals surface area contributed by atoms with Crippen LogP contribution in [0.3, 0.4) is 0 Å². The molecule has 0 heterocycles. The van der Waals surface area contributed by atoms with E-state index in [1.165, 1.54) is 0 Å². The third-order valence-corrected chi connectivity index (χ3v) is 1.06. The Morgan fingerprint density at radius 2 is 1.36 bits per heavy atom. The molecule has 0 aliphatic carbocycles. The van der Waals surface area contributed by atoms with Gasteiger partial charge in [-0.1, -0.05) is 0 Å². The Morgan fingerprint density at radius 3 is 1.64 bits per heavy atom. The smallest absolute Gasteiger partial charge is 0.317 e. The third kappa shape index (κ3) is 4.07. The number of alkyl halides is 8. The van der Waals surface area contributed by atoms with Crippen LogP contribution in [0.5, 0.6) is 0 Å². The number of hydrogen-bond donors (Lipinski definition) is 0. The van der Waals surface area contributed by atoms with E-state index in [4.69, 9.17) is 0 Å². The van der Waals surface area contributed by atoms with Gasteiger partial charge < -0.3 is 4.74 Å². The minimum absolute atomic E-state index is 2.33. The average molecular weight is 232 g/mol. The van der Waals surface area contributed by atoms with E-state index in [9.17, 15) is 35.1 Å². The van der Waals surface area contributed by atoms with E-state index in [-0.39, 0.29) is 0 Å². The van der Waals surface area contributed by atoms with Crippen molar-refractivity contribution in [3.8, 4) is 0 Å². The standard InChI is InChI=1S/C5H4F8O/c6-2(5(11,12)13)4(9,10)1-14-3(7)8/h2-3H,1H2. The number of halogens is 8. The summed E-state index contributed by atoms with van der Waals surface area (Å²) in [4.78, 5) is 0. The number of hydrogen-bond acceptors (Lipinski definition) is 1. The second kappa shape index (κ2) is 4.28. The van der Waals surface area contributed by atoms with Crippen molar-refractivity contribution < 1.29 is 39.9 Å². The Hall–Kier alpha value is -0.600. The van der Waals surface area contributed by atoms with E-state index in [0.29, 0.717) is 0 Å². The van der Waals surface area contributed by atoms with Gasteiger partial charge in [0.15, 0.2) is 0 Å². The van der Waals surface area contributed by atoms with Crippen LogP contribution in [0.2, 0.25) is 0 Å². The van der Waals surface area contributed by atoms with Gasteiger partial charge in [0.05, 0.1) is 0 Å². The van der Waals surface area contributed by atoms with Crippen LogP contribution in [-0.4, -0.2) is 31.5 Å². The highest BCUT2D eigenvalue weighted by atomic mass is 19.4. The Labute approximate surface area is 72.6 Å². The van der Waals surface area contributed by atoms with Gasteiger partial charge in [-0.2, -0.15) is 22.0 Å². The molecule has 9 heteroatoms. The van der Waals surface area contributed by atoms with Crippen LogP contribution < -0.4 is 0 Å². The fourth-order valence-electron chi connectivity index (χ4n) is 0.487. The molecule has 0 aromatic heterocycles. The lowest BCUT2D eigenvalue weighted by Crippen LogP contribution is -2.45. The van der Waals surface area contributed by atoms with Gasteiger partial charge in [0.1, 0.15) is 6.61 Å². The highest BCUT2D eigenvalue weighted by molar-refractivity contribution is 4.82. The predicted molar refractivity (Wildman–Crippen MR) is 27.9 cm³/mol. The first kappa shape index (κ1) is 13.4. The summed E-state index contributed by atoms with van der Waals surface area (Å²) in [6.07, 6.45) is -10.3. The van der Waals surface area contributed by atoms with Crippen LogP contribution in [-0.2, 0) is 4.74 Å². The quantitative estimate of drug-likeness (QED) is 0.677. The lowest BCUT2D eigenvalue weighted by atomic mass is 10.2. The van der Waals surface area contributed by atoms with Crippen LogP contribution in [0, 0.1) is 0 Å². The summed E-state index contributed by atoms with van der Waals surface area (Å²) in [7, 11) is 0. The highest BCUT2D eigenvalue weighted by Crippen LogP contribution is 2.35. The van der Waals surface area contributed by atoms with E-state index >= 15 is 0 Å². The van der Waals surface area contributed by atoms with E-state index in [2.05, 4.69) is 4.74 Å². The molecule has 0 rings (SSSR count).